The summed E-state index contributed by atoms with van der Waals surface area (Å²) >= 11 is 0. The van der Waals surface area contributed by atoms with Crippen molar-refractivity contribution in [2.45, 2.75) is 39.0 Å². The fraction of sp³-hybridized carbons (Fsp3) is 0.588. The van der Waals surface area contributed by atoms with Gasteiger partial charge < -0.3 is 10.2 Å². The summed E-state index contributed by atoms with van der Waals surface area (Å²) in [4.78, 5) is 14.2. The number of piperidine rings is 1. The molecule has 0 aromatic heterocycles. The number of carbonyl (C=O) groups excluding carboxylic acids is 1. The molecule has 2 aliphatic rings. The monoisotopic (exact) mass is 290 g/mol. The lowest BCUT2D eigenvalue weighted by atomic mass is 9.75. The van der Waals surface area contributed by atoms with Crippen LogP contribution in [0, 0.1) is 24.6 Å². The standard InChI is InChI=1S/C17H23FN2O/c1-12-6-7-15(10-16(12)18)19-17(21)20-9-8-13-4-2-3-5-14(13)11-20/h6-7,10,13-14H,2-5,8-9,11H2,1H3,(H,19,21)/t13-,14+/m0/s1. The number of fused-ring (bicyclic) bond motifs is 1. The Morgan fingerprint density at radius 1 is 1.24 bits per heavy atom. The number of urea groups is 1. The van der Waals surface area contributed by atoms with Gasteiger partial charge in [-0.05, 0) is 49.3 Å². The van der Waals surface area contributed by atoms with E-state index < -0.39 is 0 Å². The highest BCUT2D eigenvalue weighted by Crippen LogP contribution is 2.36. The Hall–Kier alpha value is -1.58. The van der Waals surface area contributed by atoms with E-state index in [1.54, 1.807) is 19.1 Å². The quantitative estimate of drug-likeness (QED) is 0.827. The second kappa shape index (κ2) is 6.04. The minimum Gasteiger partial charge on any atom is -0.324 e. The summed E-state index contributed by atoms with van der Waals surface area (Å²) in [5.74, 6) is 1.19. The van der Waals surface area contributed by atoms with Crippen LogP contribution in [0.25, 0.3) is 0 Å². The van der Waals surface area contributed by atoms with E-state index >= 15 is 0 Å². The summed E-state index contributed by atoms with van der Waals surface area (Å²) in [7, 11) is 0. The van der Waals surface area contributed by atoms with Gasteiger partial charge >= 0.3 is 6.03 Å². The van der Waals surface area contributed by atoms with Crippen molar-refractivity contribution in [3.8, 4) is 0 Å². The summed E-state index contributed by atoms with van der Waals surface area (Å²) in [5, 5.41) is 2.82. The minimum atomic E-state index is -0.279. The van der Waals surface area contributed by atoms with E-state index in [0.717, 1.165) is 25.4 Å². The first-order chi connectivity index (χ1) is 10.1. The van der Waals surface area contributed by atoms with Gasteiger partial charge in [0.2, 0.25) is 0 Å². The average molecular weight is 290 g/mol. The van der Waals surface area contributed by atoms with Crippen molar-refractivity contribution in [2.24, 2.45) is 11.8 Å². The Labute approximate surface area is 125 Å². The smallest absolute Gasteiger partial charge is 0.321 e. The van der Waals surface area contributed by atoms with Crippen LogP contribution < -0.4 is 5.32 Å². The number of nitrogens with one attached hydrogen (secondary N) is 1. The van der Waals surface area contributed by atoms with E-state index in [9.17, 15) is 9.18 Å². The van der Waals surface area contributed by atoms with Gasteiger partial charge in [-0.3, -0.25) is 0 Å². The Balaban J connectivity index is 1.61. The van der Waals surface area contributed by atoms with Gasteiger partial charge in [-0.2, -0.15) is 0 Å². The van der Waals surface area contributed by atoms with E-state index in [2.05, 4.69) is 5.32 Å². The van der Waals surface area contributed by atoms with Crippen molar-refractivity contribution in [1.29, 1.82) is 0 Å². The number of hydrogen-bond donors (Lipinski definition) is 1. The molecule has 0 radical (unpaired) electrons. The lowest BCUT2D eigenvalue weighted by Crippen LogP contribution is -2.46. The average Bonchev–Trinajstić information content (AvgIpc) is 2.50. The Morgan fingerprint density at radius 2 is 2.00 bits per heavy atom. The molecule has 1 saturated carbocycles. The highest BCUT2D eigenvalue weighted by molar-refractivity contribution is 5.89. The summed E-state index contributed by atoms with van der Waals surface area (Å²) in [6.07, 6.45) is 6.31. The van der Waals surface area contributed by atoms with Gasteiger partial charge in [0, 0.05) is 18.8 Å². The Morgan fingerprint density at radius 3 is 2.76 bits per heavy atom. The molecule has 2 amide bonds. The van der Waals surface area contributed by atoms with Crippen LogP contribution in [0.15, 0.2) is 18.2 Å². The summed E-state index contributed by atoms with van der Waals surface area (Å²) in [5.41, 5.74) is 1.13. The van der Waals surface area contributed by atoms with Crippen molar-refractivity contribution < 1.29 is 9.18 Å². The molecule has 0 bridgehead atoms. The normalized spacial score (nSPS) is 25.3. The van der Waals surface area contributed by atoms with Crippen LogP contribution in [-0.2, 0) is 0 Å². The third-order valence-electron chi connectivity index (χ3n) is 5.00. The van der Waals surface area contributed by atoms with E-state index in [1.165, 1.54) is 31.7 Å². The zero-order valence-electron chi connectivity index (χ0n) is 12.6. The second-order valence-electron chi connectivity index (χ2n) is 6.43. The summed E-state index contributed by atoms with van der Waals surface area (Å²) in [6, 6.07) is 4.74. The second-order valence-corrected chi connectivity index (χ2v) is 6.43. The van der Waals surface area contributed by atoms with Gasteiger partial charge in [0.25, 0.3) is 0 Å². The van der Waals surface area contributed by atoms with Gasteiger partial charge in [-0.1, -0.05) is 25.3 Å². The largest absolute Gasteiger partial charge is 0.324 e. The summed E-state index contributed by atoms with van der Waals surface area (Å²) < 4.78 is 13.5. The van der Waals surface area contributed by atoms with Gasteiger partial charge in [0.05, 0.1) is 0 Å². The molecule has 2 fully saturated rings. The number of amides is 2. The SMILES string of the molecule is Cc1ccc(NC(=O)N2CC[C@@H]3CCCC[C@@H]3C2)cc1F. The van der Waals surface area contributed by atoms with Crippen LogP contribution in [0.2, 0.25) is 0 Å². The first-order valence-corrected chi connectivity index (χ1v) is 7.95. The third kappa shape index (κ3) is 3.20. The molecule has 2 atom stereocenters. The molecule has 3 rings (SSSR count). The number of hydrogen-bond acceptors (Lipinski definition) is 1. The highest BCUT2D eigenvalue weighted by Gasteiger charge is 2.32. The fourth-order valence-corrected chi connectivity index (χ4v) is 3.66. The van der Waals surface area contributed by atoms with Crippen LogP contribution in [0.1, 0.15) is 37.7 Å². The molecule has 21 heavy (non-hydrogen) atoms. The molecule has 1 N–H and O–H groups in total. The topological polar surface area (TPSA) is 32.3 Å². The van der Waals surface area contributed by atoms with Crippen molar-refractivity contribution >= 4 is 11.7 Å². The van der Waals surface area contributed by atoms with Gasteiger partial charge in [-0.25, -0.2) is 9.18 Å². The number of likely N-dealkylation sites (tertiary alicyclic amines) is 1. The van der Waals surface area contributed by atoms with Crippen LogP contribution in [0.3, 0.4) is 0 Å². The maximum Gasteiger partial charge on any atom is 0.321 e. The molecule has 0 unspecified atom stereocenters. The maximum atomic E-state index is 13.5. The van der Waals surface area contributed by atoms with Gasteiger partial charge in [0.1, 0.15) is 5.82 Å². The van der Waals surface area contributed by atoms with Crippen molar-refractivity contribution in [3.05, 3.63) is 29.6 Å². The van der Waals surface area contributed by atoms with Crippen molar-refractivity contribution in [1.82, 2.24) is 4.90 Å². The molecule has 1 heterocycles. The zero-order chi connectivity index (χ0) is 14.8. The zero-order valence-corrected chi connectivity index (χ0v) is 12.6. The molecule has 1 saturated heterocycles. The highest BCUT2D eigenvalue weighted by atomic mass is 19.1. The number of carbonyl (C=O) groups is 1. The number of nitrogens with zero attached hydrogens (tertiary/aromatic N) is 1. The van der Waals surface area contributed by atoms with E-state index in [1.807, 2.05) is 4.90 Å². The number of halogens is 1. The molecule has 3 nitrogen and oxygen atoms in total. The van der Waals surface area contributed by atoms with Gasteiger partial charge in [-0.15, -0.1) is 0 Å². The van der Waals surface area contributed by atoms with E-state index in [4.69, 9.17) is 0 Å². The molecular weight excluding hydrogens is 267 g/mol. The predicted molar refractivity (Wildman–Crippen MR) is 81.8 cm³/mol. The van der Waals surface area contributed by atoms with E-state index in [-0.39, 0.29) is 11.8 Å². The maximum absolute atomic E-state index is 13.5. The lowest BCUT2D eigenvalue weighted by Gasteiger charge is -2.41. The molecule has 1 aromatic rings. The Kier molecular flexibility index (Phi) is 4.13. The molecule has 1 aromatic carbocycles. The van der Waals surface area contributed by atoms with Crippen molar-refractivity contribution in [3.63, 3.8) is 0 Å². The van der Waals surface area contributed by atoms with E-state index in [0.29, 0.717) is 17.2 Å². The molecule has 4 heteroatoms. The predicted octanol–water partition coefficient (Wildman–Crippen LogP) is 4.18. The molecule has 114 valence electrons. The number of aryl methyl sites for hydroxylation is 1. The fourth-order valence-electron chi connectivity index (χ4n) is 3.66. The molecular formula is C17H23FN2O. The van der Waals surface area contributed by atoms with Crippen molar-refractivity contribution in [2.75, 3.05) is 18.4 Å². The first-order valence-electron chi connectivity index (χ1n) is 7.95. The number of benzene rings is 1. The van der Waals surface area contributed by atoms with Crippen LogP contribution in [-0.4, -0.2) is 24.0 Å². The molecule has 1 aliphatic carbocycles. The van der Waals surface area contributed by atoms with Gasteiger partial charge in [0.15, 0.2) is 0 Å². The third-order valence-corrected chi connectivity index (χ3v) is 5.00. The molecule has 0 spiro atoms. The van der Waals surface area contributed by atoms with Crippen LogP contribution in [0.5, 0.6) is 0 Å². The van der Waals surface area contributed by atoms with Crippen LogP contribution >= 0.6 is 0 Å². The lowest BCUT2D eigenvalue weighted by molar-refractivity contribution is 0.108. The van der Waals surface area contributed by atoms with Crippen LogP contribution in [0.4, 0.5) is 14.9 Å². The molecule has 1 aliphatic heterocycles. The summed E-state index contributed by atoms with van der Waals surface area (Å²) in [6.45, 7) is 3.39. The number of anilines is 1. The Bertz CT molecular complexity index is 532. The first kappa shape index (κ1) is 14.4. The number of rotatable bonds is 1. The minimum absolute atomic E-state index is 0.0951.